The molecule has 0 aromatic heterocycles. The van der Waals surface area contributed by atoms with E-state index in [1.807, 2.05) is 6.92 Å². The normalized spacial score (nSPS) is 24.6. The van der Waals surface area contributed by atoms with Crippen molar-refractivity contribution in [2.45, 2.75) is 26.4 Å². The Hall–Kier alpha value is -0.810. The van der Waals surface area contributed by atoms with Crippen LogP contribution in [0.4, 0.5) is 0 Å². The summed E-state index contributed by atoms with van der Waals surface area (Å²) in [5.41, 5.74) is 2.64. The highest BCUT2D eigenvalue weighted by molar-refractivity contribution is 5.79. The van der Waals surface area contributed by atoms with Crippen molar-refractivity contribution in [3.63, 3.8) is 0 Å². The summed E-state index contributed by atoms with van der Waals surface area (Å²) in [4.78, 5) is 6.43. The molecule has 1 heterocycles. The third kappa shape index (κ3) is 3.16. The molecule has 0 saturated carbocycles. The summed E-state index contributed by atoms with van der Waals surface area (Å²) in [5, 5.41) is 0. The summed E-state index contributed by atoms with van der Waals surface area (Å²) >= 11 is 0. The van der Waals surface area contributed by atoms with Crippen molar-refractivity contribution in [1.82, 2.24) is 10.3 Å². The van der Waals surface area contributed by atoms with Crippen LogP contribution in [0.1, 0.15) is 20.3 Å². The number of hydrazine groups is 1. The third-order valence-electron chi connectivity index (χ3n) is 2.19. The van der Waals surface area contributed by atoms with Crippen LogP contribution in [0.5, 0.6) is 0 Å². The zero-order valence-electron chi connectivity index (χ0n) is 8.99. The fourth-order valence-corrected chi connectivity index (χ4v) is 1.57. The van der Waals surface area contributed by atoms with E-state index in [0.29, 0.717) is 0 Å². The highest BCUT2D eigenvalue weighted by Crippen LogP contribution is 2.05. The molecule has 82 valence electrons. The summed E-state index contributed by atoms with van der Waals surface area (Å²) < 4.78 is 5.54. The average Bonchev–Trinajstić information content (AvgIpc) is 2.39. The predicted octanol–water partition coefficient (Wildman–Crippen LogP) is -0.0636. The molecule has 5 heteroatoms. The zero-order chi connectivity index (χ0) is 10.4. The number of hydrogen-bond acceptors (Lipinski definition) is 3. The van der Waals surface area contributed by atoms with Crippen LogP contribution in [0, 0.1) is 0 Å². The van der Waals surface area contributed by atoms with E-state index in [9.17, 15) is 0 Å². The van der Waals surface area contributed by atoms with E-state index in [2.05, 4.69) is 22.2 Å². The van der Waals surface area contributed by atoms with Crippen LogP contribution in [0.2, 0.25) is 0 Å². The van der Waals surface area contributed by atoms with Gasteiger partial charge in [-0.1, -0.05) is 0 Å². The lowest BCUT2D eigenvalue weighted by molar-refractivity contribution is 0.0740. The first kappa shape index (κ1) is 11.3. The molecule has 1 rings (SSSR count). The van der Waals surface area contributed by atoms with Gasteiger partial charge in [-0.2, -0.15) is 0 Å². The minimum atomic E-state index is 0.243. The summed E-state index contributed by atoms with van der Waals surface area (Å²) in [6, 6.07) is 0. The standard InChI is InChI=1S/C9H20N4O/c1-3-11-9(12-10)13-5-4-6-14-8(2)7-13/h8H,3-7,10H2,1-2H3,(H,11,12). The van der Waals surface area contributed by atoms with Gasteiger partial charge in [0.15, 0.2) is 0 Å². The molecule has 0 radical (unpaired) electrons. The number of nitrogens with zero attached hydrogens (tertiary/aromatic N) is 2. The molecule has 0 bridgehead atoms. The first-order valence-corrected chi connectivity index (χ1v) is 5.15. The lowest BCUT2D eigenvalue weighted by Crippen LogP contribution is -2.47. The second-order valence-corrected chi connectivity index (χ2v) is 3.42. The van der Waals surface area contributed by atoms with Crippen LogP contribution >= 0.6 is 0 Å². The van der Waals surface area contributed by atoms with Crippen LogP contribution in [-0.4, -0.2) is 43.2 Å². The largest absolute Gasteiger partial charge is 0.377 e. The Kier molecular flexibility index (Phi) is 4.69. The zero-order valence-corrected chi connectivity index (χ0v) is 8.99. The van der Waals surface area contributed by atoms with Crippen LogP contribution < -0.4 is 11.3 Å². The maximum Gasteiger partial charge on any atom is 0.208 e. The maximum absolute atomic E-state index is 5.54. The van der Waals surface area contributed by atoms with Gasteiger partial charge in [0.05, 0.1) is 6.10 Å². The summed E-state index contributed by atoms with van der Waals surface area (Å²) in [7, 11) is 0. The van der Waals surface area contributed by atoms with Crippen molar-refractivity contribution < 1.29 is 4.74 Å². The van der Waals surface area contributed by atoms with Crippen molar-refractivity contribution in [3.05, 3.63) is 0 Å². The van der Waals surface area contributed by atoms with Crippen molar-refractivity contribution in [2.24, 2.45) is 10.8 Å². The second-order valence-electron chi connectivity index (χ2n) is 3.42. The van der Waals surface area contributed by atoms with Crippen molar-refractivity contribution in [1.29, 1.82) is 0 Å². The highest BCUT2D eigenvalue weighted by Gasteiger charge is 2.17. The average molecular weight is 200 g/mol. The molecule has 1 unspecified atom stereocenters. The van der Waals surface area contributed by atoms with Gasteiger partial charge in [0.25, 0.3) is 0 Å². The molecular formula is C9H20N4O. The number of nitrogens with one attached hydrogen (secondary N) is 1. The first-order chi connectivity index (χ1) is 6.77. The number of nitrogens with two attached hydrogens (primary N) is 1. The lowest BCUT2D eigenvalue weighted by atomic mass is 10.3. The number of ether oxygens (including phenoxy) is 1. The molecule has 0 spiro atoms. The molecular weight excluding hydrogens is 180 g/mol. The molecule has 0 aromatic carbocycles. The van der Waals surface area contributed by atoms with Crippen molar-refractivity contribution in [2.75, 3.05) is 26.2 Å². The van der Waals surface area contributed by atoms with E-state index in [0.717, 1.165) is 38.6 Å². The van der Waals surface area contributed by atoms with Gasteiger partial charge in [0, 0.05) is 26.2 Å². The molecule has 1 aliphatic heterocycles. The van der Waals surface area contributed by atoms with E-state index in [1.165, 1.54) is 0 Å². The van der Waals surface area contributed by atoms with Crippen LogP contribution in [0.25, 0.3) is 0 Å². The van der Waals surface area contributed by atoms with Gasteiger partial charge in [-0.05, 0) is 20.3 Å². The van der Waals surface area contributed by atoms with E-state index in [4.69, 9.17) is 10.6 Å². The van der Waals surface area contributed by atoms with Gasteiger partial charge in [-0.3, -0.25) is 10.4 Å². The van der Waals surface area contributed by atoms with Gasteiger partial charge >= 0.3 is 0 Å². The monoisotopic (exact) mass is 200 g/mol. The van der Waals surface area contributed by atoms with Gasteiger partial charge in [-0.15, -0.1) is 0 Å². The van der Waals surface area contributed by atoms with Crippen LogP contribution in [0.15, 0.2) is 4.99 Å². The Morgan fingerprint density at radius 2 is 2.50 bits per heavy atom. The summed E-state index contributed by atoms with van der Waals surface area (Å²) in [5.74, 6) is 6.19. The van der Waals surface area contributed by atoms with E-state index < -0.39 is 0 Å². The molecule has 1 aliphatic rings. The maximum atomic E-state index is 5.54. The molecule has 1 saturated heterocycles. The Morgan fingerprint density at radius 3 is 3.14 bits per heavy atom. The minimum Gasteiger partial charge on any atom is -0.377 e. The molecule has 3 N–H and O–H groups in total. The molecule has 0 aliphatic carbocycles. The number of hydrogen-bond donors (Lipinski definition) is 2. The number of guanidine groups is 1. The second kappa shape index (κ2) is 5.82. The Bertz CT molecular complexity index is 195. The van der Waals surface area contributed by atoms with Gasteiger partial charge in [-0.25, -0.2) is 5.84 Å². The number of rotatable bonds is 1. The van der Waals surface area contributed by atoms with Gasteiger partial charge < -0.3 is 9.64 Å². The third-order valence-corrected chi connectivity index (χ3v) is 2.19. The Labute approximate surface area is 85.3 Å². The summed E-state index contributed by atoms with van der Waals surface area (Å²) in [6.45, 7) is 7.43. The van der Waals surface area contributed by atoms with Crippen LogP contribution in [-0.2, 0) is 4.74 Å². The lowest BCUT2D eigenvalue weighted by Gasteiger charge is -2.24. The number of aliphatic imine (C=N–C) groups is 1. The fourth-order valence-electron chi connectivity index (χ4n) is 1.57. The topological polar surface area (TPSA) is 62.9 Å². The fraction of sp³-hybridized carbons (Fsp3) is 0.889. The van der Waals surface area contributed by atoms with Crippen LogP contribution in [0.3, 0.4) is 0 Å². The van der Waals surface area contributed by atoms with E-state index >= 15 is 0 Å². The van der Waals surface area contributed by atoms with Crippen molar-refractivity contribution in [3.8, 4) is 0 Å². The van der Waals surface area contributed by atoms with Gasteiger partial charge in [0.1, 0.15) is 0 Å². The van der Waals surface area contributed by atoms with Crippen molar-refractivity contribution >= 4 is 5.96 Å². The molecule has 14 heavy (non-hydrogen) atoms. The Morgan fingerprint density at radius 1 is 1.71 bits per heavy atom. The molecule has 0 amide bonds. The predicted molar refractivity (Wildman–Crippen MR) is 56.9 cm³/mol. The molecule has 1 atom stereocenters. The first-order valence-electron chi connectivity index (χ1n) is 5.15. The summed E-state index contributed by atoms with van der Waals surface area (Å²) in [6.07, 6.45) is 1.27. The minimum absolute atomic E-state index is 0.243. The molecule has 0 aromatic rings. The SMILES string of the molecule is CCN=C(NN)N1CCCOC(C)C1. The van der Waals surface area contributed by atoms with E-state index in [1.54, 1.807) is 0 Å². The van der Waals surface area contributed by atoms with Gasteiger partial charge in [0.2, 0.25) is 5.96 Å². The van der Waals surface area contributed by atoms with E-state index in [-0.39, 0.29) is 6.10 Å². The smallest absolute Gasteiger partial charge is 0.208 e. The molecule has 5 nitrogen and oxygen atoms in total. The quantitative estimate of drug-likeness (QED) is 0.269. The molecule has 1 fully saturated rings. The highest BCUT2D eigenvalue weighted by atomic mass is 16.5. The Balaban J connectivity index is 2.58.